The molecule has 2 aromatic rings. The number of nitrogens with one attached hydrogen (secondary N) is 1. The van der Waals surface area contributed by atoms with Gasteiger partial charge in [0.15, 0.2) is 0 Å². The molecule has 1 amide bonds. The number of sulfonamides is 1. The molecule has 1 aliphatic carbocycles. The maximum absolute atomic E-state index is 13.5. The molecule has 1 aromatic carbocycles. The van der Waals surface area contributed by atoms with Gasteiger partial charge in [0.1, 0.15) is 11.6 Å². The summed E-state index contributed by atoms with van der Waals surface area (Å²) in [6.07, 6.45) is 3.66. The average Bonchev–Trinajstić information content (AvgIpc) is 3.51. The van der Waals surface area contributed by atoms with Crippen molar-refractivity contribution in [2.75, 3.05) is 36.1 Å². The monoisotopic (exact) mass is 515 g/mol. The average molecular weight is 516 g/mol. The molecule has 1 aromatic heterocycles. The van der Waals surface area contributed by atoms with Crippen LogP contribution < -0.4 is 20.3 Å². The predicted molar refractivity (Wildman–Crippen MR) is 147 cm³/mol. The van der Waals surface area contributed by atoms with Crippen LogP contribution in [0.3, 0.4) is 0 Å². The van der Waals surface area contributed by atoms with E-state index in [2.05, 4.69) is 31.1 Å². The van der Waals surface area contributed by atoms with Crippen molar-refractivity contribution in [3.8, 4) is 0 Å². The van der Waals surface area contributed by atoms with Crippen molar-refractivity contribution in [3.63, 3.8) is 0 Å². The molecule has 0 aliphatic heterocycles. The van der Waals surface area contributed by atoms with Crippen molar-refractivity contribution in [2.45, 2.75) is 52.1 Å². The summed E-state index contributed by atoms with van der Waals surface area (Å²) in [6.45, 7) is 7.24. The smallest absolute Gasteiger partial charge is 0.251 e. The Balaban J connectivity index is 1.91. The molecule has 8 nitrogen and oxygen atoms in total. The lowest BCUT2D eigenvalue weighted by atomic mass is 9.93. The second kappa shape index (κ2) is 11.6. The first-order chi connectivity index (χ1) is 16.8. The summed E-state index contributed by atoms with van der Waals surface area (Å²) < 4.78 is 25.6. The van der Waals surface area contributed by atoms with Gasteiger partial charge in [-0.3, -0.25) is 9.10 Å². The van der Waals surface area contributed by atoms with E-state index in [1.165, 1.54) is 13.1 Å². The quantitative estimate of drug-likeness (QED) is 0.449. The summed E-state index contributed by atoms with van der Waals surface area (Å²) in [5, 5.41) is 3.14. The summed E-state index contributed by atoms with van der Waals surface area (Å²) in [7, 11) is -0.176. The summed E-state index contributed by atoms with van der Waals surface area (Å²) in [5.74, 6) is 2.11. The van der Waals surface area contributed by atoms with Gasteiger partial charge < -0.3 is 16.0 Å². The summed E-state index contributed by atoms with van der Waals surface area (Å²) in [5.41, 5.74) is 8.01. The highest BCUT2D eigenvalue weighted by Crippen LogP contribution is 2.38. The van der Waals surface area contributed by atoms with Gasteiger partial charge in [0.25, 0.3) is 5.91 Å². The number of aromatic nitrogens is 1. The third-order valence-corrected chi connectivity index (χ3v) is 8.11. The number of anilines is 2. The van der Waals surface area contributed by atoms with Crippen LogP contribution in [0.5, 0.6) is 0 Å². The first-order valence-corrected chi connectivity index (χ1v) is 14.5. The van der Waals surface area contributed by atoms with Gasteiger partial charge in [-0.05, 0) is 54.7 Å². The van der Waals surface area contributed by atoms with Gasteiger partial charge >= 0.3 is 0 Å². The molecule has 3 N–H and O–H groups in total. The van der Waals surface area contributed by atoms with E-state index in [-0.39, 0.29) is 23.8 Å². The highest BCUT2D eigenvalue weighted by atomic mass is 32.2. The highest BCUT2D eigenvalue weighted by Gasteiger charge is 2.34. The van der Waals surface area contributed by atoms with Gasteiger partial charge in [-0.15, -0.1) is 0 Å². The number of nitrogens with two attached hydrogens (primary N) is 1. The summed E-state index contributed by atoms with van der Waals surface area (Å²) >= 11 is 0. The van der Waals surface area contributed by atoms with E-state index >= 15 is 0 Å². The van der Waals surface area contributed by atoms with E-state index in [1.54, 1.807) is 6.07 Å². The zero-order chi connectivity index (χ0) is 26.6. The molecule has 0 bridgehead atoms. The molecule has 198 valence electrons. The zero-order valence-electron chi connectivity index (χ0n) is 22.3. The van der Waals surface area contributed by atoms with E-state index in [0.29, 0.717) is 35.6 Å². The SMILES string of the molecule is CC(C)C[C@H](N)[C@H](Cc1ccccc1)NC(=O)c1cc(N(C)CC2CC2C)nc(N(C)S(C)(=O)=O)c1. The molecule has 1 fully saturated rings. The molecule has 1 aliphatic rings. The summed E-state index contributed by atoms with van der Waals surface area (Å²) in [4.78, 5) is 20.1. The number of hydrogen-bond acceptors (Lipinski definition) is 6. The molecule has 1 saturated carbocycles. The van der Waals surface area contributed by atoms with E-state index in [4.69, 9.17) is 5.73 Å². The maximum atomic E-state index is 13.5. The third kappa shape index (κ3) is 7.67. The second-order valence-electron chi connectivity index (χ2n) is 10.7. The lowest BCUT2D eigenvalue weighted by Crippen LogP contribution is -2.49. The second-order valence-corrected chi connectivity index (χ2v) is 12.7. The first kappa shape index (κ1) is 27.9. The Morgan fingerprint density at radius 1 is 1.17 bits per heavy atom. The van der Waals surface area contributed by atoms with Crippen LogP contribution in [-0.2, 0) is 16.4 Å². The molecular weight excluding hydrogens is 474 g/mol. The molecule has 4 atom stereocenters. The van der Waals surface area contributed by atoms with Crippen LogP contribution in [0, 0.1) is 17.8 Å². The number of nitrogens with zero attached hydrogens (tertiary/aromatic N) is 3. The van der Waals surface area contributed by atoms with Crippen molar-refractivity contribution in [2.24, 2.45) is 23.5 Å². The van der Waals surface area contributed by atoms with E-state index in [9.17, 15) is 13.2 Å². The van der Waals surface area contributed by atoms with Crippen LogP contribution >= 0.6 is 0 Å². The lowest BCUT2D eigenvalue weighted by molar-refractivity contribution is 0.0928. The number of carbonyl (C=O) groups is 1. The fourth-order valence-corrected chi connectivity index (χ4v) is 4.83. The van der Waals surface area contributed by atoms with Crippen LogP contribution in [0.25, 0.3) is 0 Å². The minimum Gasteiger partial charge on any atom is -0.359 e. The number of rotatable bonds is 12. The van der Waals surface area contributed by atoms with Crippen LogP contribution in [0.2, 0.25) is 0 Å². The summed E-state index contributed by atoms with van der Waals surface area (Å²) in [6, 6.07) is 12.7. The fraction of sp³-hybridized carbons (Fsp3) is 0.556. The van der Waals surface area contributed by atoms with Crippen LogP contribution in [0.4, 0.5) is 11.6 Å². The molecule has 0 radical (unpaired) electrons. The number of hydrogen-bond donors (Lipinski definition) is 2. The number of carbonyl (C=O) groups excluding carboxylic acids is 1. The van der Waals surface area contributed by atoms with Gasteiger partial charge in [0.05, 0.1) is 6.26 Å². The molecule has 36 heavy (non-hydrogen) atoms. The molecule has 0 saturated heterocycles. The van der Waals surface area contributed by atoms with E-state index in [1.807, 2.05) is 42.3 Å². The highest BCUT2D eigenvalue weighted by molar-refractivity contribution is 7.92. The third-order valence-electron chi connectivity index (χ3n) is 6.93. The molecule has 0 spiro atoms. The lowest BCUT2D eigenvalue weighted by Gasteiger charge is -2.27. The van der Waals surface area contributed by atoms with E-state index in [0.717, 1.165) is 35.5 Å². The van der Waals surface area contributed by atoms with Crippen LogP contribution in [0.1, 0.15) is 49.5 Å². The first-order valence-electron chi connectivity index (χ1n) is 12.6. The molecule has 3 rings (SSSR count). The number of amides is 1. The van der Waals surface area contributed by atoms with Crippen molar-refractivity contribution in [3.05, 3.63) is 53.6 Å². The standard InChI is InChI=1S/C27H41N5O3S/c1-18(2)12-23(28)24(14-20-10-8-7-9-11-20)29-27(33)21-15-25(31(4)17-22-13-19(22)3)30-26(16-21)32(5)36(6,34)35/h7-11,15-16,18-19,22-24H,12-14,17,28H2,1-6H3,(H,29,33)/t19?,22?,23-,24-/m0/s1. The van der Waals surface area contributed by atoms with Gasteiger partial charge in [0, 0.05) is 38.3 Å². The van der Waals surface area contributed by atoms with Crippen LogP contribution in [-0.4, -0.2) is 58.3 Å². The van der Waals surface area contributed by atoms with Gasteiger partial charge in [-0.25, -0.2) is 13.4 Å². The van der Waals surface area contributed by atoms with Gasteiger partial charge in [0.2, 0.25) is 10.0 Å². The maximum Gasteiger partial charge on any atom is 0.251 e. The van der Waals surface area contributed by atoms with E-state index < -0.39 is 10.0 Å². The predicted octanol–water partition coefficient (Wildman–Crippen LogP) is 3.28. The number of benzene rings is 1. The normalized spacial score (nSPS) is 19.0. The molecule has 1 heterocycles. The Morgan fingerprint density at radius 3 is 2.33 bits per heavy atom. The minimum absolute atomic E-state index is 0.210. The fourth-order valence-electron chi connectivity index (χ4n) is 4.40. The molecular formula is C27H41N5O3S. The zero-order valence-corrected chi connectivity index (χ0v) is 23.1. The molecule has 9 heteroatoms. The van der Waals surface area contributed by atoms with Gasteiger partial charge in [-0.1, -0.05) is 51.1 Å². The van der Waals surface area contributed by atoms with Crippen molar-refractivity contribution < 1.29 is 13.2 Å². The Labute approximate surface area is 216 Å². The largest absolute Gasteiger partial charge is 0.359 e. The van der Waals surface area contributed by atoms with Crippen LogP contribution in [0.15, 0.2) is 42.5 Å². The Kier molecular flexibility index (Phi) is 9.00. The minimum atomic E-state index is -3.55. The van der Waals surface area contributed by atoms with Crippen molar-refractivity contribution in [1.82, 2.24) is 10.3 Å². The van der Waals surface area contributed by atoms with Gasteiger partial charge in [-0.2, -0.15) is 0 Å². The number of pyridine rings is 1. The van der Waals surface area contributed by atoms with Crippen molar-refractivity contribution in [1.29, 1.82) is 0 Å². The molecule has 2 unspecified atom stereocenters. The Morgan fingerprint density at radius 2 is 1.78 bits per heavy atom. The van der Waals surface area contributed by atoms with Crippen molar-refractivity contribution >= 4 is 27.6 Å². The topological polar surface area (TPSA) is 109 Å². The Hall–Kier alpha value is -2.65. The Bertz CT molecular complexity index is 1140.